The van der Waals surface area contributed by atoms with E-state index >= 15 is 0 Å². The normalized spacial score (nSPS) is 21.0. The molecule has 0 aliphatic carbocycles. The average Bonchev–Trinajstić information content (AvgIpc) is 2.64. The second kappa shape index (κ2) is 7.02. The molecule has 0 amide bonds. The molecule has 0 aromatic heterocycles. The molecule has 1 rings (SSSR count). The summed E-state index contributed by atoms with van der Waals surface area (Å²) in [6.07, 6.45) is -2.44. The van der Waals surface area contributed by atoms with Gasteiger partial charge in [-0.05, 0) is 6.42 Å². The molecule has 1 heterocycles. The second-order valence-corrected chi connectivity index (χ2v) is 5.18. The van der Waals surface area contributed by atoms with Crippen molar-refractivity contribution in [3.8, 4) is 0 Å². The van der Waals surface area contributed by atoms with Crippen molar-refractivity contribution in [1.82, 2.24) is 5.32 Å². The molecule has 11 heteroatoms. The first kappa shape index (κ1) is 16.9. The third-order valence-electron chi connectivity index (χ3n) is 2.40. The predicted octanol–water partition coefficient (Wildman–Crippen LogP) is -1.88. The number of carbonyl (C=O) groups is 1. The minimum Gasteiger partial charge on any atom is -0.501 e. The van der Waals surface area contributed by atoms with Crippen LogP contribution in [-0.2, 0) is 18.6 Å². The molecule has 1 aliphatic rings. The second-order valence-electron chi connectivity index (χ2n) is 3.94. The number of ether oxygens (including phenoxy) is 1. The van der Waals surface area contributed by atoms with Crippen LogP contribution in [0.1, 0.15) is 6.42 Å². The number of rotatable bonds is 8. The highest BCUT2D eigenvalue weighted by molar-refractivity contribution is 7.46. The highest BCUT2D eigenvalue weighted by Gasteiger charge is 2.38. The number of phosphoric ester groups is 1. The van der Waals surface area contributed by atoms with E-state index in [0.717, 1.165) is 0 Å². The van der Waals surface area contributed by atoms with Gasteiger partial charge in [0, 0.05) is 6.54 Å². The van der Waals surface area contributed by atoms with E-state index in [0.29, 0.717) is 0 Å². The number of nitrogens with one attached hydrogen (secondary N) is 1. The molecule has 0 bridgehead atoms. The molecule has 2 atom stereocenters. The molecule has 0 saturated heterocycles. The van der Waals surface area contributed by atoms with E-state index in [4.69, 9.17) is 14.9 Å². The summed E-state index contributed by atoms with van der Waals surface area (Å²) in [5.41, 5.74) is -0.0901. The van der Waals surface area contributed by atoms with E-state index in [9.17, 15) is 19.6 Å². The molecule has 1 aliphatic heterocycles. The largest absolute Gasteiger partial charge is 0.501 e. The number of esters is 1. The Morgan fingerprint density at radius 2 is 2.10 bits per heavy atom. The van der Waals surface area contributed by atoms with Crippen LogP contribution in [0.25, 0.3) is 0 Å². The Labute approximate surface area is 113 Å². The number of aliphatic hydroxyl groups excluding tert-OH is 3. The SMILES string of the molecule is O=C1O[C@H]([C@@H](O)CO)C(NCCCOP(=O)(O)O)=C1O. The van der Waals surface area contributed by atoms with Crippen molar-refractivity contribution in [2.45, 2.75) is 18.6 Å². The van der Waals surface area contributed by atoms with Gasteiger partial charge in [-0.2, -0.15) is 0 Å². The first-order valence-corrected chi connectivity index (χ1v) is 7.16. The van der Waals surface area contributed by atoms with Crippen LogP contribution in [0.4, 0.5) is 0 Å². The van der Waals surface area contributed by atoms with Gasteiger partial charge in [-0.3, -0.25) is 4.52 Å². The summed E-state index contributed by atoms with van der Waals surface area (Å²) in [4.78, 5) is 28.0. The van der Waals surface area contributed by atoms with Crippen molar-refractivity contribution in [3.05, 3.63) is 11.5 Å². The van der Waals surface area contributed by atoms with Crippen molar-refractivity contribution in [2.75, 3.05) is 19.8 Å². The van der Waals surface area contributed by atoms with Crippen LogP contribution in [-0.4, -0.2) is 63.0 Å². The Balaban J connectivity index is 2.47. The topological polar surface area (TPSA) is 166 Å². The van der Waals surface area contributed by atoms with Crippen molar-refractivity contribution >= 4 is 13.8 Å². The van der Waals surface area contributed by atoms with Crippen LogP contribution in [0.2, 0.25) is 0 Å². The summed E-state index contributed by atoms with van der Waals surface area (Å²) in [7, 11) is -4.53. The number of aliphatic hydroxyl groups is 3. The molecule has 0 fully saturated rings. The smallest absolute Gasteiger partial charge is 0.469 e. The van der Waals surface area contributed by atoms with Gasteiger partial charge in [-0.25, -0.2) is 9.36 Å². The standard InChI is InChI=1S/C9H16NO9P/c11-4-5(12)8-6(7(13)9(14)19-8)10-2-1-3-18-20(15,16)17/h5,8,10-13H,1-4H2,(H2,15,16,17)/t5-,8+/m0/s1. The molecule has 0 spiro atoms. The van der Waals surface area contributed by atoms with E-state index in [1.54, 1.807) is 0 Å². The van der Waals surface area contributed by atoms with Crippen LogP contribution < -0.4 is 5.32 Å². The number of cyclic esters (lactones) is 1. The Morgan fingerprint density at radius 1 is 1.45 bits per heavy atom. The maximum absolute atomic E-state index is 11.1. The van der Waals surface area contributed by atoms with E-state index in [1.165, 1.54) is 0 Å². The number of phosphoric acid groups is 1. The van der Waals surface area contributed by atoms with Gasteiger partial charge in [0.15, 0.2) is 6.10 Å². The van der Waals surface area contributed by atoms with E-state index in [-0.39, 0.29) is 25.3 Å². The van der Waals surface area contributed by atoms with Crippen molar-refractivity contribution < 1.29 is 43.7 Å². The summed E-state index contributed by atoms with van der Waals surface area (Å²) in [6.45, 7) is -0.810. The molecule has 116 valence electrons. The summed E-state index contributed by atoms with van der Waals surface area (Å²) in [5.74, 6) is -1.74. The lowest BCUT2D eigenvalue weighted by Crippen LogP contribution is -2.36. The highest BCUT2D eigenvalue weighted by atomic mass is 31.2. The fraction of sp³-hybridized carbons (Fsp3) is 0.667. The van der Waals surface area contributed by atoms with Gasteiger partial charge in [-0.1, -0.05) is 0 Å². The lowest BCUT2D eigenvalue weighted by atomic mass is 10.1. The molecule has 0 aromatic carbocycles. The van der Waals surface area contributed by atoms with Crippen molar-refractivity contribution in [3.63, 3.8) is 0 Å². The van der Waals surface area contributed by atoms with Crippen LogP contribution in [0, 0.1) is 0 Å². The number of hydrogen-bond donors (Lipinski definition) is 6. The van der Waals surface area contributed by atoms with Gasteiger partial charge in [0.2, 0.25) is 5.76 Å². The molecular weight excluding hydrogens is 297 g/mol. The van der Waals surface area contributed by atoms with E-state index < -0.39 is 38.4 Å². The zero-order valence-corrected chi connectivity index (χ0v) is 11.2. The van der Waals surface area contributed by atoms with Gasteiger partial charge < -0.3 is 35.2 Å². The highest BCUT2D eigenvalue weighted by Crippen LogP contribution is 2.35. The van der Waals surface area contributed by atoms with E-state index in [2.05, 4.69) is 14.6 Å². The van der Waals surface area contributed by atoms with Gasteiger partial charge in [0.05, 0.1) is 13.2 Å². The zero-order valence-electron chi connectivity index (χ0n) is 10.3. The molecule has 20 heavy (non-hydrogen) atoms. The molecule has 6 N–H and O–H groups in total. The van der Waals surface area contributed by atoms with Crippen molar-refractivity contribution in [2.24, 2.45) is 0 Å². The Morgan fingerprint density at radius 3 is 2.65 bits per heavy atom. The minimum absolute atomic E-state index is 0.0901. The Kier molecular flexibility index (Phi) is 5.93. The quantitative estimate of drug-likeness (QED) is 0.170. The number of carbonyl (C=O) groups excluding carboxylic acids is 1. The van der Waals surface area contributed by atoms with Crippen molar-refractivity contribution in [1.29, 1.82) is 0 Å². The molecule has 0 aromatic rings. The maximum atomic E-state index is 11.1. The predicted molar refractivity (Wildman–Crippen MR) is 63.2 cm³/mol. The molecule has 0 radical (unpaired) electrons. The fourth-order valence-corrected chi connectivity index (χ4v) is 1.87. The van der Waals surface area contributed by atoms with Crippen LogP contribution in [0.3, 0.4) is 0 Å². The third kappa shape index (κ3) is 4.75. The fourth-order valence-electron chi connectivity index (χ4n) is 1.50. The van der Waals surface area contributed by atoms with Gasteiger partial charge in [0.1, 0.15) is 11.8 Å². The van der Waals surface area contributed by atoms with Gasteiger partial charge >= 0.3 is 13.8 Å². The molecule has 0 saturated carbocycles. The maximum Gasteiger partial charge on any atom is 0.469 e. The first-order valence-electron chi connectivity index (χ1n) is 5.63. The lowest BCUT2D eigenvalue weighted by Gasteiger charge is -2.19. The third-order valence-corrected chi connectivity index (χ3v) is 2.92. The van der Waals surface area contributed by atoms with Crippen LogP contribution in [0.15, 0.2) is 11.5 Å². The molecular formula is C9H16NO9P. The summed E-state index contributed by atoms with van der Waals surface area (Å²) in [6, 6.07) is 0. The van der Waals surface area contributed by atoms with Gasteiger partial charge in [0.25, 0.3) is 0 Å². The summed E-state index contributed by atoms with van der Waals surface area (Å²) < 4.78 is 19.3. The average molecular weight is 313 g/mol. The number of hydrogen-bond acceptors (Lipinski definition) is 8. The van der Waals surface area contributed by atoms with E-state index in [1.807, 2.05) is 0 Å². The minimum atomic E-state index is -4.53. The first-order chi connectivity index (χ1) is 9.26. The van der Waals surface area contributed by atoms with Crippen LogP contribution >= 0.6 is 7.82 Å². The monoisotopic (exact) mass is 313 g/mol. The lowest BCUT2D eigenvalue weighted by molar-refractivity contribution is -0.147. The van der Waals surface area contributed by atoms with Gasteiger partial charge in [-0.15, -0.1) is 0 Å². The molecule has 0 unspecified atom stereocenters. The molecule has 10 nitrogen and oxygen atoms in total. The summed E-state index contributed by atoms with van der Waals surface area (Å²) >= 11 is 0. The van der Waals surface area contributed by atoms with Crippen LogP contribution in [0.5, 0.6) is 0 Å². The summed E-state index contributed by atoms with van der Waals surface area (Å²) in [5, 5.41) is 30.3. The Hall–Kier alpha value is -1.16. The Bertz CT molecular complexity index is 431. The zero-order chi connectivity index (χ0) is 15.3.